The highest BCUT2D eigenvalue weighted by atomic mass is 31.2. The zero-order valence-electron chi connectivity index (χ0n) is 59.0. The molecule has 19 heteroatoms. The SMILES string of the molecule is CCCC/C=C\CCCCCCCC(=O)OC(COC(=O)CCCCCCC/C=C\CCCCCCCC)COP(=O)(O)OCC(O)COP(=O)(O)OCC(COC(=O)CCCCCCCCCCCCCCCCC)OC(=O)CCCCCCCCCCCCC. The highest BCUT2D eigenvalue weighted by Crippen LogP contribution is 2.45. The summed E-state index contributed by atoms with van der Waals surface area (Å²) in [7, 11) is -9.91. The summed E-state index contributed by atoms with van der Waals surface area (Å²) in [5.41, 5.74) is 0. The maximum absolute atomic E-state index is 13.0. The molecule has 0 aliphatic heterocycles. The molecular weight excluding hydrogens is 1210 g/mol. The number of rotatable bonds is 72. The predicted octanol–water partition coefficient (Wildman–Crippen LogP) is 21.0. The van der Waals surface area contributed by atoms with Crippen LogP contribution in [0.1, 0.15) is 362 Å². The van der Waals surface area contributed by atoms with Gasteiger partial charge in [0.05, 0.1) is 26.4 Å². The molecule has 0 aliphatic rings. The van der Waals surface area contributed by atoms with Crippen molar-refractivity contribution in [2.45, 2.75) is 380 Å². The Balaban J connectivity index is 5.25. The van der Waals surface area contributed by atoms with E-state index >= 15 is 0 Å². The van der Waals surface area contributed by atoms with E-state index in [0.29, 0.717) is 25.7 Å². The first kappa shape index (κ1) is 89.5. The molecule has 17 nitrogen and oxygen atoms in total. The smallest absolute Gasteiger partial charge is 0.462 e. The van der Waals surface area contributed by atoms with Gasteiger partial charge in [-0.3, -0.25) is 37.3 Å². The van der Waals surface area contributed by atoms with Crippen LogP contribution >= 0.6 is 15.6 Å². The molecule has 0 amide bonds. The third kappa shape index (κ3) is 66.2. The number of unbranched alkanes of at least 4 members (excludes halogenated alkanes) is 42. The van der Waals surface area contributed by atoms with Gasteiger partial charge in [0, 0.05) is 25.7 Å². The number of hydrogen-bond acceptors (Lipinski definition) is 15. The molecule has 0 radical (unpaired) electrons. The van der Waals surface area contributed by atoms with Crippen LogP contribution < -0.4 is 0 Å². The van der Waals surface area contributed by atoms with E-state index in [0.717, 1.165) is 122 Å². The van der Waals surface area contributed by atoms with Crippen LogP contribution in [-0.4, -0.2) is 96.7 Å². The number of carbonyl (C=O) groups excluding carboxylic acids is 4. The molecule has 0 aromatic heterocycles. The van der Waals surface area contributed by atoms with Crippen molar-refractivity contribution >= 4 is 39.5 Å². The zero-order chi connectivity index (χ0) is 67.5. The second-order valence-corrected chi connectivity index (χ2v) is 28.5. The van der Waals surface area contributed by atoms with Crippen molar-refractivity contribution in [3.8, 4) is 0 Å². The number of phosphoric acid groups is 2. The minimum Gasteiger partial charge on any atom is -0.462 e. The van der Waals surface area contributed by atoms with Crippen molar-refractivity contribution in [2.75, 3.05) is 39.6 Å². The van der Waals surface area contributed by atoms with Gasteiger partial charge in [-0.05, 0) is 70.6 Å². The monoisotopic (exact) mass is 1350 g/mol. The van der Waals surface area contributed by atoms with E-state index in [1.807, 2.05) is 0 Å². The highest BCUT2D eigenvalue weighted by molar-refractivity contribution is 7.47. The lowest BCUT2D eigenvalue weighted by atomic mass is 10.0. The standard InChI is InChI=1S/C73H138O17P2/c1-5-9-13-17-21-25-29-31-33-35-39-41-45-49-53-57-70(75)83-63-68(89-72(77)59-55-51-47-43-37-27-23-19-15-11-7-3)65-87-91(79,80)85-61-67(74)62-86-92(81,82)88-66-69(90-73(78)60-56-52-48-44-38-28-24-20-16-12-8-4)64-84-71(76)58-54-50-46-42-40-36-34-32-30-26-22-18-14-10-6-2/h19,23,31,33,67-69,74H,5-18,20-22,24-30,32,34-66H2,1-4H3,(H,79,80)(H,81,82)/b23-19-,33-31-. The Labute approximate surface area is 561 Å². The van der Waals surface area contributed by atoms with Crippen molar-refractivity contribution in [2.24, 2.45) is 0 Å². The summed E-state index contributed by atoms with van der Waals surface area (Å²) in [5.74, 6) is -2.15. The van der Waals surface area contributed by atoms with Gasteiger partial charge in [0.25, 0.3) is 0 Å². The second kappa shape index (κ2) is 67.1. The first-order chi connectivity index (χ1) is 44.7. The van der Waals surface area contributed by atoms with E-state index in [2.05, 4.69) is 52.0 Å². The zero-order valence-corrected chi connectivity index (χ0v) is 60.8. The van der Waals surface area contributed by atoms with Crippen LogP contribution in [0.4, 0.5) is 0 Å². The molecule has 92 heavy (non-hydrogen) atoms. The minimum atomic E-state index is -4.96. The molecule has 0 spiro atoms. The van der Waals surface area contributed by atoms with E-state index in [9.17, 15) is 43.2 Å². The van der Waals surface area contributed by atoms with Crippen LogP contribution in [0.3, 0.4) is 0 Å². The number of ether oxygens (including phenoxy) is 4. The number of allylic oxidation sites excluding steroid dienone is 4. The second-order valence-electron chi connectivity index (χ2n) is 25.6. The molecule has 0 saturated heterocycles. The van der Waals surface area contributed by atoms with E-state index in [1.54, 1.807) is 0 Å². The topological polar surface area (TPSA) is 237 Å². The van der Waals surface area contributed by atoms with Gasteiger partial charge in [0.15, 0.2) is 12.2 Å². The number of esters is 4. The third-order valence-electron chi connectivity index (χ3n) is 16.4. The fourth-order valence-electron chi connectivity index (χ4n) is 10.6. The molecule has 0 aliphatic carbocycles. The molecule has 0 saturated carbocycles. The number of aliphatic hydroxyl groups excluding tert-OH is 1. The van der Waals surface area contributed by atoms with Gasteiger partial charge in [-0.2, -0.15) is 0 Å². The van der Waals surface area contributed by atoms with Crippen molar-refractivity contribution in [3.05, 3.63) is 24.3 Å². The molecule has 0 fully saturated rings. The van der Waals surface area contributed by atoms with Crippen LogP contribution in [0.2, 0.25) is 0 Å². The fraction of sp³-hybridized carbons (Fsp3) is 0.890. The Morgan fingerprint density at radius 1 is 0.293 bits per heavy atom. The van der Waals surface area contributed by atoms with E-state index in [-0.39, 0.29) is 25.7 Å². The average Bonchev–Trinajstić information content (AvgIpc) is 2.46. The third-order valence-corrected chi connectivity index (χ3v) is 18.3. The average molecular weight is 1350 g/mol. The number of phosphoric ester groups is 2. The molecule has 3 N–H and O–H groups in total. The summed E-state index contributed by atoms with van der Waals surface area (Å²) in [6, 6.07) is 0. The molecule has 0 bridgehead atoms. The lowest BCUT2D eigenvalue weighted by molar-refractivity contribution is -0.161. The molecule has 5 unspecified atom stereocenters. The summed E-state index contributed by atoms with van der Waals surface area (Å²) in [6.45, 7) is 4.87. The minimum absolute atomic E-state index is 0.0898. The van der Waals surface area contributed by atoms with Gasteiger partial charge in [-0.25, -0.2) is 9.13 Å². The molecule has 0 aromatic rings. The number of aliphatic hydroxyl groups is 1. The van der Waals surface area contributed by atoms with E-state index in [1.165, 1.54) is 161 Å². The Hall–Kier alpha value is -2.46. The Morgan fingerprint density at radius 2 is 0.511 bits per heavy atom. The first-order valence-electron chi connectivity index (χ1n) is 37.6. The van der Waals surface area contributed by atoms with E-state index in [4.69, 9.17) is 37.0 Å². The largest absolute Gasteiger partial charge is 0.472 e. The molecule has 0 rings (SSSR count). The highest BCUT2D eigenvalue weighted by Gasteiger charge is 2.30. The van der Waals surface area contributed by atoms with Crippen LogP contribution in [0.25, 0.3) is 0 Å². The lowest BCUT2D eigenvalue weighted by Gasteiger charge is -2.21. The molecule has 0 heterocycles. The van der Waals surface area contributed by atoms with E-state index < -0.39 is 97.5 Å². The van der Waals surface area contributed by atoms with Crippen molar-refractivity contribution < 1.29 is 80.2 Å². The van der Waals surface area contributed by atoms with Gasteiger partial charge < -0.3 is 33.8 Å². The number of hydrogen-bond donors (Lipinski definition) is 3. The van der Waals surface area contributed by atoms with Crippen molar-refractivity contribution in [1.29, 1.82) is 0 Å². The summed E-state index contributed by atoms with van der Waals surface area (Å²) in [4.78, 5) is 72.6. The first-order valence-corrected chi connectivity index (χ1v) is 40.6. The van der Waals surface area contributed by atoms with Crippen LogP contribution in [0.15, 0.2) is 24.3 Å². The quantitative estimate of drug-likeness (QED) is 0.0169. The summed E-state index contributed by atoms with van der Waals surface area (Å²) in [5, 5.41) is 10.6. The normalized spacial score (nSPS) is 14.1. The van der Waals surface area contributed by atoms with Gasteiger partial charge >= 0.3 is 39.5 Å². The maximum Gasteiger partial charge on any atom is 0.472 e. The van der Waals surface area contributed by atoms with Crippen molar-refractivity contribution in [3.63, 3.8) is 0 Å². The number of carbonyl (C=O) groups is 4. The van der Waals surface area contributed by atoms with Crippen LogP contribution in [0, 0.1) is 0 Å². The van der Waals surface area contributed by atoms with Crippen molar-refractivity contribution in [1.82, 2.24) is 0 Å². The maximum atomic E-state index is 13.0. The van der Waals surface area contributed by atoms with Gasteiger partial charge in [-0.15, -0.1) is 0 Å². The summed E-state index contributed by atoms with van der Waals surface area (Å²) >= 11 is 0. The molecule has 542 valence electrons. The molecule has 5 atom stereocenters. The molecular formula is C73H138O17P2. The van der Waals surface area contributed by atoms with Crippen LogP contribution in [0.5, 0.6) is 0 Å². The van der Waals surface area contributed by atoms with Gasteiger partial charge in [-0.1, -0.05) is 290 Å². The Bertz CT molecular complexity index is 1850. The summed E-state index contributed by atoms with van der Waals surface area (Å²) < 4.78 is 68.3. The van der Waals surface area contributed by atoms with Gasteiger partial charge in [0.1, 0.15) is 19.3 Å². The Morgan fingerprint density at radius 3 is 0.783 bits per heavy atom. The fourth-order valence-corrected chi connectivity index (χ4v) is 12.2. The summed E-state index contributed by atoms with van der Waals surface area (Å²) in [6.07, 6.45) is 58.9. The van der Waals surface area contributed by atoms with Crippen LogP contribution in [-0.2, 0) is 65.4 Å². The van der Waals surface area contributed by atoms with Gasteiger partial charge in [0.2, 0.25) is 0 Å². The predicted molar refractivity (Wildman–Crippen MR) is 372 cm³/mol. The lowest BCUT2D eigenvalue weighted by Crippen LogP contribution is -2.30. The molecule has 0 aromatic carbocycles. The Kier molecular flexibility index (Phi) is 65.3.